The van der Waals surface area contributed by atoms with Crippen LogP contribution in [0, 0.1) is 6.92 Å². The molecule has 0 aromatic carbocycles. The van der Waals surface area contributed by atoms with Gasteiger partial charge < -0.3 is 15.5 Å². The zero-order chi connectivity index (χ0) is 16.5. The van der Waals surface area contributed by atoms with Crippen molar-refractivity contribution >= 4 is 47.2 Å². The molecule has 2 N–H and O–H groups in total. The average Bonchev–Trinajstić information content (AvgIpc) is 2.86. The Balaban J connectivity index is 0.00000484. The lowest BCUT2D eigenvalue weighted by molar-refractivity contribution is -0.127. The van der Waals surface area contributed by atoms with Crippen LogP contribution in [0.4, 0.5) is 0 Å². The molecule has 0 radical (unpaired) electrons. The Kier molecular flexibility index (Phi) is 10.9. The molecule has 0 bridgehead atoms. The van der Waals surface area contributed by atoms with Crippen LogP contribution in [0.25, 0.3) is 0 Å². The number of nitrogens with one attached hydrogen (secondary N) is 2. The number of hydrogen-bond acceptors (Lipinski definition) is 3. The highest BCUT2D eigenvalue weighted by atomic mass is 127. The second kappa shape index (κ2) is 11.4. The third-order valence-electron chi connectivity index (χ3n) is 2.97. The van der Waals surface area contributed by atoms with Gasteiger partial charge in [-0.2, -0.15) is 0 Å². The van der Waals surface area contributed by atoms with Gasteiger partial charge in [0, 0.05) is 42.9 Å². The first kappa shape index (κ1) is 21.9. The van der Waals surface area contributed by atoms with Gasteiger partial charge in [-0.25, -0.2) is 4.99 Å². The number of amides is 1. The van der Waals surface area contributed by atoms with Gasteiger partial charge in [0.1, 0.15) is 6.54 Å². The Bertz CT molecular complexity index is 528. The summed E-state index contributed by atoms with van der Waals surface area (Å²) >= 11 is 1.81. The predicted octanol–water partition coefficient (Wildman–Crippen LogP) is 2.41. The van der Waals surface area contributed by atoms with Crippen molar-refractivity contribution in [1.29, 1.82) is 0 Å². The Morgan fingerprint density at radius 2 is 2.17 bits per heavy atom. The first-order chi connectivity index (χ1) is 10.4. The summed E-state index contributed by atoms with van der Waals surface area (Å²) in [4.78, 5) is 20.2. The molecule has 0 saturated carbocycles. The summed E-state index contributed by atoms with van der Waals surface area (Å²) in [5, 5.41) is 6.47. The number of carbonyl (C=O) groups is 1. The van der Waals surface area contributed by atoms with E-state index in [-0.39, 0.29) is 42.5 Å². The molecule has 130 valence electrons. The summed E-state index contributed by atoms with van der Waals surface area (Å²) in [7, 11) is 3.45. The Morgan fingerprint density at radius 3 is 2.70 bits per heavy atom. The Hall–Kier alpha value is -1.09. The lowest BCUT2D eigenvalue weighted by Crippen LogP contribution is -2.43. The van der Waals surface area contributed by atoms with Crippen LogP contribution in [-0.2, 0) is 11.2 Å². The van der Waals surface area contributed by atoms with Gasteiger partial charge in [0.15, 0.2) is 5.96 Å². The molecular formula is C16H27IN4OS. The molecule has 1 rings (SSSR count). The molecule has 0 aliphatic heterocycles. The molecule has 5 nitrogen and oxygen atoms in total. The van der Waals surface area contributed by atoms with Crippen molar-refractivity contribution in [3.63, 3.8) is 0 Å². The Morgan fingerprint density at radius 1 is 1.48 bits per heavy atom. The van der Waals surface area contributed by atoms with E-state index in [9.17, 15) is 4.79 Å². The molecule has 7 heteroatoms. The predicted molar refractivity (Wildman–Crippen MR) is 110 cm³/mol. The van der Waals surface area contributed by atoms with Crippen molar-refractivity contribution in [2.45, 2.75) is 26.3 Å². The molecule has 0 aliphatic rings. The van der Waals surface area contributed by atoms with E-state index in [0.29, 0.717) is 12.5 Å². The quantitative estimate of drug-likeness (QED) is 0.291. The van der Waals surface area contributed by atoms with Crippen molar-refractivity contribution in [1.82, 2.24) is 15.5 Å². The zero-order valence-electron chi connectivity index (χ0n) is 14.3. The SMILES string of the molecule is C=CCNC(=NCC(=O)N(C)C)NC(C)Cc1ccc(C)s1.I. The van der Waals surface area contributed by atoms with E-state index in [1.54, 1.807) is 31.5 Å². The van der Waals surface area contributed by atoms with E-state index in [2.05, 4.69) is 48.2 Å². The molecule has 23 heavy (non-hydrogen) atoms. The molecule has 1 heterocycles. The van der Waals surface area contributed by atoms with Crippen LogP contribution in [0.3, 0.4) is 0 Å². The molecule has 1 aromatic rings. The minimum Gasteiger partial charge on any atom is -0.354 e. The summed E-state index contributed by atoms with van der Waals surface area (Å²) in [6.45, 7) is 8.63. The third kappa shape index (κ3) is 8.95. The fraction of sp³-hybridized carbons (Fsp3) is 0.500. The first-order valence-corrected chi connectivity index (χ1v) is 8.15. The van der Waals surface area contributed by atoms with Crippen LogP contribution in [0.15, 0.2) is 29.8 Å². The van der Waals surface area contributed by atoms with Crippen molar-refractivity contribution in [2.24, 2.45) is 4.99 Å². The number of carbonyl (C=O) groups excluding carboxylic acids is 1. The van der Waals surface area contributed by atoms with Crippen LogP contribution in [0.5, 0.6) is 0 Å². The molecule has 1 aromatic heterocycles. The summed E-state index contributed by atoms with van der Waals surface area (Å²) in [6.07, 6.45) is 2.69. The van der Waals surface area contributed by atoms with E-state index >= 15 is 0 Å². The van der Waals surface area contributed by atoms with Gasteiger partial charge in [0.2, 0.25) is 5.91 Å². The summed E-state index contributed by atoms with van der Waals surface area (Å²) in [5.74, 6) is 0.608. The number of nitrogens with zero attached hydrogens (tertiary/aromatic N) is 2. The van der Waals surface area contributed by atoms with Crippen molar-refractivity contribution in [3.8, 4) is 0 Å². The maximum Gasteiger partial charge on any atom is 0.243 e. The molecule has 1 atom stereocenters. The van der Waals surface area contributed by atoms with Gasteiger partial charge in [0.25, 0.3) is 0 Å². The number of thiophene rings is 1. The zero-order valence-corrected chi connectivity index (χ0v) is 17.4. The first-order valence-electron chi connectivity index (χ1n) is 7.33. The summed E-state index contributed by atoms with van der Waals surface area (Å²) in [5.41, 5.74) is 0. The smallest absolute Gasteiger partial charge is 0.243 e. The molecule has 1 amide bonds. The maximum atomic E-state index is 11.6. The standard InChI is InChI=1S/C16H26N4OS.HI/c1-6-9-17-16(18-11-15(21)20(4)5)19-12(2)10-14-8-7-13(3)22-14;/h6-8,12H,1,9-11H2,2-5H3,(H2,17,18,19);1H. The second-order valence-electron chi connectivity index (χ2n) is 5.38. The van der Waals surface area contributed by atoms with Gasteiger partial charge >= 0.3 is 0 Å². The van der Waals surface area contributed by atoms with E-state index < -0.39 is 0 Å². The highest BCUT2D eigenvalue weighted by Gasteiger charge is 2.09. The molecule has 0 aliphatic carbocycles. The van der Waals surface area contributed by atoms with Crippen molar-refractivity contribution < 1.29 is 4.79 Å². The van der Waals surface area contributed by atoms with E-state index in [4.69, 9.17) is 0 Å². The number of halogens is 1. The second-order valence-corrected chi connectivity index (χ2v) is 6.76. The maximum absolute atomic E-state index is 11.6. The highest BCUT2D eigenvalue weighted by molar-refractivity contribution is 14.0. The molecule has 0 spiro atoms. The molecular weight excluding hydrogens is 423 g/mol. The van der Waals surface area contributed by atoms with E-state index in [1.807, 2.05) is 0 Å². The van der Waals surface area contributed by atoms with Crippen LogP contribution in [0.1, 0.15) is 16.7 Å². The number of hydrogen-bond donors (Lipinski definition) is 2. The average molecular weight is 450 g/mol. The number of aliphatic imine (C=N–C) groups is 1. The summed E-state index contributed by atoms with van der Waals surface area (Å²) < 4.78 is 0. The molecule has 1 unspecified atom stereocenters. The summed E-state index contributed by atoms with van der Waals surface area (Å²) in [6, 6.07) is 4.51. The normalized spacial score (nSPS) is 12.1. The van der Waals surface area contributed by atoms with Gasteiger partial charge in [-0.3, -0.25) is 4.79 Å². The topological polar surface area (TPSA) is 56.7 Å². The number of likely N-dealkylation sites (N-methyl/N-ethyl adjacent to an activating group) is 1. The van der Waals surface area contributed by atoms with E-state index in [0.717, 1.165) is 6.42 Å². The van der Waals surface area contributed by atoms with Crippen molar-refractivity contribution in [2.75, 3.05) is 27.2 Å². The Labute approximate surface area is 160 Å². The number of rotatable bonds is 7. The fourth-order valence-electron chi connectivity index (χ4n) is 1.79. The minimum absolute atomic E-state index is 0. The van der Waals surface area contributed by atoms with E-state index in [1.165, 1.54) is 14.7 Å². The van der Waals surface area contributed by atoms with Gasteiger partial charge in [-0.1, -0.05) is 6.08 Å². The lowest BCUT2D eigenvalue weighted by atomic mass is 10.2. The van der Waals surface area contributed by atoms with Gasteiger partial charge in [-0.05, 0) is 26.0 Å². The lowest BCUT2D eigenvalue weighted by Gasteiger charge is -2.17. The van der Waals surface area contributed by atoms with Gasteiger partial charge in [0.05, 0.1) is 0 Å². The number of aryl methyl sites for hydroxylation is 1. The van der Waals surface area contributed by atoms with Crippen LogP contribution < -0.4 is 10.6 Å². The third-order valence-corrected chi connectivity index (χ3v) is 3.99. The highest BCUT2D eigenvalue weighted by Crippen LogP contribution is 2.16. The fourth-order valence-corrected chi connectivity index (χ4v) is 2.81. The van der Waals surface area contributed by atoms with Gasteiger partial charge in [-0.15, -0.1) is 41.9 Å². The van der Waals surface area contributed by atoms with Crippen LogP contribution in [-0.4, -0.2) is 50.0 Å². The molecule has 0 fully saturated rings. The van der Waals surface area contributed by atoms with Crippen LogP contribution >= 0.6 is 35.3 Å². The largest absolute Gasteiger partial charge is 0.354 e. The minimum atomic E-state index is -0.0266. The number of guanidine groups is 1. The molecule has 0 saturated heterocycles. The van der Waals surface area contributed by atoms with Crippen molar-refractivity contribution in [3.05, 3.63) is 34.5 Å². The van der Waals surface area contributed by atoms with Crippen LogP contribution in [0.2, 0.25) is 0 Å². The monoisotopic (exact) mass is 450 g/mol.